The molecule has 0 bridgehead atoms. The number of carbonyl (C=O) groups excluding carboxylic acids is 1. The molecule has 9 heteroatoms. The van der Waals surface area contributed by atoms with Crippen molar-refractivity contribution in [3.8, 4) is 17.1 Å². The van der Waals surface area contributed by atoms with Crippen molar-refractivity contribution in [3.63, 3.8) is 0 Å². The van der Waals surface area contributed by atoms with Crippen molar-refractivity contribution in [2.45, 2.75) is 43.5 Å². The average Bonchev–Trinajstić information content (AvgIpc) is 3.51. The average molecular weight is 480 g/mol. The van der Waals surface area contributed by atoms with Crippen LogP contribution in [0.3, 0.4) is 0 Å². The maximum Gasteiger partial charge on any atom is 0.273 e. The molecule has 0 aliphatic heterocycles. The van der Waals surface area contributed by atoms with Gasteiger partial charge in [0.05, 0.1) is 11.4 Å². The van der Waals surface area contributed by atoms with Crippen LogP contribution in [0.4, 0.5) is 4.39 Å². The van der Waals surface area contributed by atoms with Gasteiger partial charge in [0, 0.05) is 12.1 Å². The Balaban J connectivity index is 1.48. The van der Waals surface area contributed by atoms with Gasteiger partial charge in [0.2, 0.25) is 5.89 Å². The Labute approximate surface area is 201 Å². The van der Waals surface area contributed by atoms with Crippen molar-refractivity contribution in [2.24, 2.45) is 0 Å². The van der Waals surface area contributed by atoms with Gasteiger partial charge >= 0.3 is 0 Å². The number of aromatic nitrogens is 4. The number of para-hydroxylation sites is 1. The monoisotopic (exact) mass is 479 g/mol. The number of rotatable bonds is 11. The molecule has 1 amide bonds. The zero-order chi connectivity index (χ0) is 23.8. The highest BCUT2D eigenvalue weighted by Crippen LogP contribution is 2.30. The van der Waals surface area contributed by atoms with Crippen LogP contribution in [0.2, 0.25) is 0 Å². The summed E-state index contributed by atoms with van der Waals surface area (Å²) in [6.45, 7) is 2.76. The number of hydrogen-bond donors (Lipinski definition) is 1. The highest BCUT2D eigenvalue weighted by molar-refractivity contribution is 7.98. The molecule has 0 radical (unpaired) electrons. The van der Waals surface area contributed by atoms with Gasteiger partial charge in [-0.3, -0.25) is 9.36 Å². The van der Waals surface area contributed by atoms with E-state index in [1.165, 1.54) is 24.1 Å². The molecule has 2 heterocycles. The van der Waals surface area contributed by atoms with Gasteiger partial charge in [-0.15, -0.1) is 10.2 Å². The van der Waals surface area contributed by atoms with E-state index >= 15 is 0 Å². The molecule has 176 valence electrons. The number of thioether (sulfide) groups is 1. The van der Waals surface area contributed by atoms with Crippen molar-refractivity contribution in [2.75, 3.05) is 6.54 Å². The Morgan fingerprint density at radius 1 is 1.06 bits per heavy atom. The van der Waals surface area contributed by atoms with E-state index in [1.54, 1.807) is 22.8 Å². The highest BCUT2D eigenvalue weighted by Gasteiger charge is 2.20. The van der Waals surface area contributed by atoms with E-state index in [-0.39, 0.29) is 17.4 Å². The van der Waals surface area contributed by atoms with Gasteiger partial charge in [-0.1, -0.05) is 80.4 Å². The lowest BCUT2D eigenvalue weighted by Crippen LogP contribution is -2.24. The molecule has 0 aliphatic carbocycles. The fourth-order valence-electron chi connectivity index (χ4n) is 3.44. The van der Waals surface area contributed by atoms with Gasteiger partial charge in [0.15, 0.2) is 16.7 Å². The number of hydrogen-bond acceptors (Lipinski definition) is 6. The van der Waals surface area contributed by atoms with Gasteiger partial charge in [0.1, 0.15) is 12.1 Å². The molecule has 0 unspecified atom stereocenters. The quantitative estimate of drug-likeness (QED) is 0.221. The molecule has 1 N–H and O–H groups in total. The van der Waals surface area contributed by atoms with Gasteiger partial charge in [-0.25, -0.2) is 9.37 Å². The van der Waals surface area contributed by atoms with Gasteiger partial charge in [-0.2, -0.15) is 0 Å². The Morgan fingerprint density at radius 2 is 1.85 bits per heavy atom. The summed E-state index contributed by atoms with van der Waals surface area (Å²) in [6, 6.07) is 16.0. The number of benzene rings is 2. The van der Waals surface area contributed by atoms with E-state index in [4.69, 9.17) is 4.42 Å². The zero-order valence-corrected chi connectivity index (χ0v) is 19.7. The maximum atomic E-state index is 14.7. The minimum Gasteiger partial charge on any atom is -0.447 e. The largest absolute Gasteiger partial charge is 0.447 e. The lowest BCUT2D eigenvalue weighted by molar-refractivity contribution is 0.0948. The second-order valence-corrected chi connectivity index (χ2v) is 8.63. The third-order valence-corrected chi connectivity index (χ3v) is 6.10. The third-order valence-electron chi connectivity index (χ3n) is 5.18. The van der Waals surface area contributed by atoms with Crippen LogP contribution < -0.4 is 5.32 Å². The van der Waals surface area contributed by atoms with E-state index in [9.17, 15) is 9.18 Å². The fourth-order valence-corrected chi connectivity index (χ4v) is 4.24. The maximum absolute atomic E-state index is 14.7. The molecule has 2 aromatic carbocycles. The van der Waals surface area contributed by atoms with E-state index < -0.39 is 0 Å². The van der Waals surface area contributed by atoms with Crippen LogP contribution in [0.5, 0.6) is 0 Å². The van der Waals surface area contributed by atoms with E-state index in [2.05, 4.69) is 27.4 Å². The molecular weight excluding hydrogens is 453 g/mol. The summed E-state index contributed by atoms with van der Waals surface area (Å²) < 4.78 is 21.9. The summed E-state index contributed by atoms with van der Waals surface area (Å²) in [5.41, 5.74) is 1.41. The number of unbranched alkanes of at least 4 members (excludes halogenated alkanes) is 3. The fraction of sp³-hybridized carbons (Fsp3) is 0.280. The number of halogens is 1. The Hall–Kier alpha value is -3.46. The summed E-state index contributed by atoms with van der Waals surface area (Å²) >= 11 is 1.31. The molecule has 4 aromatic rings. The minimum atomic E-state index is -0.379. The smallest absolute Gasteiger partial charge is 0.273 e. The van der Waals surface area contributed by atoms with Crippen molar-refractivity contribution >= 4 is 17.7 Å². The van der Waals surface area contributed by atoms with Gasteiger partial charge in [-0.05, 0) is 18.6 Å². The molecule has 0 saturated carbocycles. The molecule has 0 saturated heterocycles. The van der Waals surface area contributed by atoms with E-state index in [0.717, 1.165) is 31.2 Å². The number of nitrogens with one attached hydrogen (secondary N) is 1. The van der Waals surface area contributed by atoms with Crippen molar-refractivity contribution < 1.29 is 13.6 Å². The molecular formula is C25H26FN5O2S. The van der Waals surface area contributed by atoms with Crippen molar-refractivity contribution in [1.82, 2.24) is 25.1 Å². The van der Waals surface area contributed by atoms with Crippen LogP contribution in [0.15, 0.2) is 70.4 Å². The zero-order valence-electron chi connectivity index (χ0n) is 18.9. The van der Waals surface area contributed by atoms with Crippen LogP contribution in [-0.4, -0.2) is 32.2 Å². The lowest BCUT2D eigenvalue weighted by atomic mass is 10.2. The first-order chi connectivity index (χ1) is 16.7. The topological polar surface area (TPSA) is 85.8 Å². The molecule has 0 atom stereocenters. The number of nitrogens with zero attached hydrogens (tertiary/aromatic N) is 4. The standard InChI is InChI=1S/C25H26FN5O2S/c1-2-3-4-10-15-27-24(32)20-16-33-22(28-20)17-34-25-30-29-23(18-11-6-5-7-12-18)31(25)21-14-9-8-13-19(21)26/h5-9,11-14,16H,2-4,10,15,17H2,1H3,(H,27,32). The summed E-state index contributed by atoms with van der Waals surface area (Å²) in [4.78, 5) is 16.6. The predicted molar refractivity (Wildman–Crippen MR) is 129 cm³/mol. The molecule has 2 aromatic heterocycles. The normalized spacial score (nSPS) is 11.0. The molecule has 34 heavy (non-hydrogen) atoms. The Bertz CT molecular complexity index is 1230. The van der Waals surface area contributed by atoms with Crippen LogP contribution in [0.1, 0.15) is 49.0 Å². The van der Waals surface area contributed by atoms with Crippen LogP contribution in [-0.2, 0) is 5.75 Å². The highest BCUT2D eigenvalue weighted by atomic mass is 32.2. The SMILES string of the molecule is CCCCCCNC(=O)c1coc(CSc2nnc(-c3ccccc3)n2-c2ccccc2F)n1. The lowest BCUT2D eigenvalue weighted by Gasteiger charge is -2.10. The summed E-state index contributed by atoms with van der Waals surface area (Å²) in [6.07, 6.45) is 5.69. The number of oxazole rings is 1. The summed E-state index contributed by atoms with van der Waals surface area (Å²) in [7, 11) is 0. The molecule has 7 nitrogen and oxygen atoms in total. The van der Waals surface area contributed by atoms with Gasteiger partial charge in [0.25, 0.3) is 5.91 Å². The first-order valence-corrected chi connectivity index (χ1v) is 12.3. The molecule has 0 spiro atoms. The Morgan fingerprint density at radius 3 is 2.65 bits per heavy atom. The summed E-state index contributed by atoms with van der Waals surface area (Å²) in [5, 5.41) is 12.0. The number of carbonyl (C=O) groups is 1. The molecule has 0 aliphatic rings. The first kappa shape index (κ1) is 23.7. The van der Waals surface area contributed by atoms with Crippen LogP contribution >= 0.6 is 11.8 Å². The van der Waals surface area contributed by atoms with Crippen LogP contribution in [0.25, 0.3) is 17.1 Å². The number of amides is 1. The van der Waals surface area contributed by atoms with E-state index in [1.807, 2.05) is 30.3 Å². The van der Waals surface area contributed by atoms with Crippen LogP contribution in [0, 0.1) is 5.82 Å². The van der Waals surface area contributed by atoms with Gasteiger partial charge < -0.3 is 9.73 Å². The third kappa shape index (κ3) is 5.72. The molecule has 0 fully saturated rings. The predicted octanol–water partition coefficient (Wildman–Crippen LogP) is 5.66. The van der Waals surface area contributed by atoms with Crippen molar-refractivity contribution in [3.05, 3.63) is 78.3 Å². The Kier molecular flexibility index (Phi) is 8.08. The second kappa shape index (κ2) is 11.6. The second-order valence-electron chi connectivity index (χ2n) is 7.69. The van der Waals surface area contributed by atoms with Crippen molar-refractivity contribution in [1.29, 1.82) is 0 Å². The summed E-state index contributed by atoms with van der Waals surface area (Å²) in [5.74, 6) is 0.590. The first-order valence-electron chi connectivity index (χ1n) is 11.3. The van der Waals surface area contributed by atoms with E-state index in [0.29, 0.717) is 34.9 Å². The minimum absolute atomic E-state index is 0.242. The molecule has 4 rings (SSSR count).